The maximum Gasteiger partial charge on any atom is 0.236 e. The van der Waals surface area contributed by atoms with Crippen LogP contribution in [0.4, 0.5) is 17.1 Å². The molecule has 3 N–H and O–H groups in total. The third-order valence-electron chi connectivity index (χ3n) is 3.60. The van der Waals surface area contributed by atoms with Gasteiger partial charge in [0.05, 0.1) is 12.1 Å². The topological polar surface area (TPSA) is 58.4 Å². The molecule has 1 heterocycles. The Bertz CT molecular complexity index is 667. The van der Waals surface area contributed by atoms with Crippen LogP contribution >= 0.6 is 0 Å². The highest BCUT2D eigenvalue weighted by atomic mass is 16.2. The average Bonchev–Trinajstić information content (AvgIpc) is 2.82. The number of carbonyl (C=O) groups is 1. The third kappa shape index (κ3) is 2.04. The fraction of sp³-hybridized carbons (Fsp3) is 0.188. The summed E-state index contributed by atoms with van der Waals surface area (Å²) in [6, 6.07) is 13.8. The van der Waals surface area contributed by atoms with Gasteiger partial charge in [-0.15, -0.1) is 0 Å². The first-order valence-electron chi connectivity index (χ1n) is 6.65. The number of benzene rings is 2. The Morgan fingerprint density at radius 3 is 2.85 bits per heavy atom. The number of carbonyl (C=O) groups excluding carboxylic acids is 1. The SMILES string of the molecule is CNc1ccc2c(c1)CC(=O)N2c1cccc(CN)c1. The van der Waals surface area contributed by atoms with E-state index in [1.165, 1.54) is 0 Å². The molecule has 2 aromatic carbocycles. The maximum atomic E-state index is 12.3. The number of hydrogen-bond acceptors (Lipinski definition) is 3. The fourth-order valence-electron chi connectivity index (χ4n) is 2.58. The Morgan fingerprint density at radius 2 is 2.10 bits per heavy atom. The molecule has 20 heavy (non-hydrogen) atoms. The van der Waals surface area contributed by atoms with E-state index in [9.17, 15) is 4.79 Å². The van der Waals surface area contributed by atoms with E-state index >= 15 is 0 Å². The number of nitrogens with zero attached hydrogens (tertiary/aromatic N) is 1. The van der Waals surface area contributed by atoms with Crippen LogP contribution in [0.1, 0.15) is 11.1 Å². The number of hydrogen-bond donors (Lipinski definition) is 2. The summed E-state index contributed by atoms with van der Waals surface area (Å²) in [7, 11) is 1.88. The summed E-state index contributed by atoms with van der Waals surface area (Å²) in [6.45, 7) is 0.474. The molecule has 0 aromatic heterocycles. The van der Waals surface area contributed by atoms with Crippen molar-refractivity contribution in [2.75, 3.05) is 17.3 Å². The van der Waals surface area contributed by atoms with E-state index in [1.807, 2.05) is 49.5 Å². The molecule has 2 aromatic rings. The van der Waals surface area contributed by atoms with Crippen molar-refractivity contribution in [3.63, 3.8) is 0 Å². The van der Waals surface area contributed by atoms with Gasteiger partial charge in [-0.05, 0) is 41.5 Å². The fourth-order valence-corrected chi connectivity index (χ4v) is 2.58. The summed E-state index contributed by atoms with van der Waals surface area (Å²) in [5.41, 5.74) is 10.6. The minimum atomic E-state index is 0.0995. The molecule has 102 valence electrons. The van der Waals surface area contributed by atoms with Crippen LogP contribution in [0.25, 0.3) is 0 Å². The highest BCUT2D eigenvalue weighted by molar-refractivity contribution is 6.07. The van der Waals surface area contributed by atoms with Gasteiger partial charge in [0.15, 0.2) is 0 Å². The van der Waals surface area contributed by atoms with Crippen molar-refractivity contribution >= 4 is 23.0 Å². The molecule has 4 heteroatoms. The predicted molar refractivity (Wildman–Crippen MR) is 81.2 cm³/mol. The largest absolute Gasteiger partial charge is 0.388 e. The summed E-state index contributed by atoms with van der Waals surface area (Å²) in [6.07, 6.45) is 0.442. The van der Waals surface area contributed by atoms with Crippen LogP contribution in [0.5, 0.6) is 0 Å². The number of fused-ring (bicyclic) bond motifs is 1. The second-order valence-corrected chi connectivity index (χ2v) is 4.87. The summed E-state index contributed by atoms with van der Waals surface area (Å²) < 4.78 is 0. The summed E-state index contributed by atoms with van der Waals surface area (Å²) in [5, 5.41) is 3.10. The van der Waals surface area contributed by atoms with Crippen LogP contribution in [0, 0.1) is 0 Å². The van der Waals surface area contributed by atoms with Crippen LogP contribution in [-0.2, 0) is 17.8 Å². The van der Waals surface area contributed by atoms with Gasteiger partial charge in [-0.1, -0.05) is 12.1 Å². The van der Waals surface area contributed by atoms with Crippen molar-refractivity contribution < 1.29 is 4.79 Å². The second-order valence-electron chi connectivity index (χ2n) is 4.87. The average molecular weight is 267 g/mol. The summed E-state index contributed by atoms with van der Waals surface area (Å²) in [5.74, 6) is 0.0995. The first-order chi connectivity index (χ1) is 9.72. The molecular formula is C16H17N3O. The minimum absolute atomic E-state index is 0.0995. The lowest BCUT2D eigenvalue weighted by Crippen LogP contribution is -2.20. The van der Waals surface area contributed by atoms with Crippen LogP contribution in [0.3, 0.4) is 0 Å². The lowest BCUT2D eigenvalue weighted by molar-refractivity contribution is -0.116. The number of anilines is 3. The van der Waals surface area contributed by atoms with E-state index in [0.717, 1.165) is 28.2 Å². The van der Waals surface area contributed by atoms with Gasteiger partial charge in [0.25, 0.3) is 0 Å². The Balaban J connectivity index is 2.05. The molecule has 0 radical (unpaired) electrons. The molecule has 1 amide bonds. The van der Waals surface area contributed by atoms with Gasteiger partial charge in [-0.25, -0.2) is 0 Å². The van der Waals surface area contributed by atoms with Gasteiger partial charge < -0.3 is 11.1 Å². The molecule has 0 fully saturated rings. The van der Waals surface area contributed by atoms with E-state index < -0.39 is 0 Å². The van der Waals surface area contributed by atoms with Crippen molar-refractivity contribution in [3.8, 4) is 0 Å². The van der Waals surface area contributed by atoms with Gasteiger partial charge in [-0.3, -0.25) is 9.69 Å². The molecule has 0 unspecified atom stereocenters. The molecule has 0 saturated heterocycles. The molecule has 0 atom stereocenters. The monoisotopic (exact) mass is 267 g/mol. The zero-order valence-electron chi connectivity index (χ0n) is 11.4. The van der Waals surface area contributed by atoms with Crippen LogP contribution < -0.4 is 16.0 Å². The van der Waals surface area contributed by atoms with E-state index in [1.54, 1.807) is 4.90 Å². The zero-order valence-corrected chi connectivity index (χ0v) is 11.4. The van der Waals surface area contributed by atoms with Crippen molar-refractivity contribution in [2.45, 2.75) is 13.0 Å². The molecule has 0 bridgehead atoms. The van der Waals surface area contributed by atoms with Gasteiger partial charge in [0, 0.05) is 25.0 Å². The van der Waals surface area contributed by atoms with Gasteiger partial charge in [0.1, 0.15) is 0 Å². The first-order valence-corrected chi connectivity index (χ1v) is 6.65. The normalized spacial score (nSPS) is 13.5. The van der Waals surface area contributed by atoms with E-state index in [-0.39, 0.29) is 5.91 Å². The molecule has 0 aliphatic carbocycles. The van der Waals surface area contributed by atoms with Crippen molar-refractivity contribution in [1.29, 1.82) is 0 Å². The molecule has 0 spiro atoms. The molecule has 3 rings (SSSR count). The molecule has 4 nitrogen and oxygen atoms in total. The third-order valence-corrected chi connectivity index (χ3v) is 3.60. The van der Waals surface area contributed by atoms with Crippen molar-refractivity contribution in [2.24, 2.45) is 5.73 Å². The summed E-state index contributed by atoms with van der Waals surface area (Å²) in [4.78, 5) is 14.1. The maximum absolute atomic E-state index is 12.3. The standard InChI is InChI=1S/C16H17N3O/c1-18-13-5-6-15-12(8-13)9-16(20)19(15)14-4-2-3-11(7-14)10-17/h2-8,18H,9-10,17H2,1H3. The smallest absolute Gasteiger partial charge is 0.236 e. The molecule has 1 aliphatic rings. The zero-order chi connectivity index (χ0) is 14.1. The van der Waals surface area contributed by atoms with Crippen LogP contribution in [-0.4, -0.2) is 13.0 Å². The highest BCUT2D eigenvalue weighted by Crippen LogP contribution is 2.36. The quantitative estimate of drug-likeness (QED) is 0.897. The lowest BCUT2D eigenvalue weighted by atomic mass is 10.1. The van der Waals surface area contributed by atoms with Gasteiger partial charge >= 0.3 is 0 Å². The predicted octanol–water partition coefficient (Wildman–Crippen LogP) is 2.41. The number of rotatable bonds is 3. The second kappa shape index (κ2) is 4.98. The van der Waals surface area contributed by atoms with Crippen LogP contribution in [0.15, 0.2) is 42.5 Å². The summed E-state index contributed by atoms with van der Waals surface area (Å²) >= 11 is 0. The number of nitrogens with one attached hydrogen (secondary N) is 1. The number of nitrogens with two attached hydrogens (primary N) is 1. The Morgan fingerprint density at radius 1 is 1.25 bits per heavy atom. The molecule has 0 saturated carbocycles. The molecule has 1 aliphatic heterocycles. The van der Waals surface area contributed by atoms with E-state index in [4.69, 9.17) is 5.73 Å². The Hall–Kier alpha value is -2.33. The van der Waals surface area contributed by atoms with E-state index in [0.29, 0.717) is 13.0 Å². The van der Waals surface area contributed by atoms with Crippen molar-refractivity contribution in [1.82, 2.24) is 0 Å². The van der Waals surface area contributed by atoms with Gasteiger partial charge in [-0.2, -0.15) is 0 Å². The number of amides is 1. The van der Waals surface area contributed by atoms with Crippen LogP contribution in [0.2, 0.25) is 0 Å². The van der Waals surface area contributed by atoms with E-state index in [2.05, 4.69) is 5.32 Å². The molecular weight excluding hydrogens is 250 g/mol. The Labute approximate surface area is 118 Å². The first kappa shape index (κ1) is 12.7. The lowest BCUT2D eigenvalue weighted by Gasteiger charge is -2.18. The van der Waals surface area contributed by atoms with Gasteiger partial charge in [0.2, 0.25) is 5.91 Å². The minimum Gasteiger partial charge on any atom is -0.388 e. The highest BCUT2D eigenvalue weighted by Gasteiger charge is 2.28. The van der Waals surface area contributed by atoms with Crippen molar-refractivity contribution in [3.05, 3.63) is 53.6 Å². The Kier molecular flexibility index (Phi) is 3.16.